The predicted molar refractivity (Wildman–Crippen MR) is 96.8 cm³/mol. The Morgan fingerprint density at radius 2 is 1.91 bits per heavy atom. The number of hydrogen-bond donors (Lipinski definition) is 1. The summed E-state index contributed by atoms with van der Waals surface area (Å²) in [5, 5.41) is 5.23. The zero-order valence-corrected chi connectivity index (χ0v) is 14.4. The van der Waals surface area contributed by atoms with Gasteiger partial charge in [0.25, 0.3) is 0 Å². The first-order chi connectivity index (χ1) is 11.1. The molecule has 2 aromatic carbocycles. The Hall–Kier alpha value is -1.97. The van der Waals surface area contributed by atoms with Gasteiger partial charge in [-0.2, -0.15) is 0 Å². The Morgan fingerprint density at radius 3 is 2.70 bits per heavy atom. The Kier molecular flexibility index (Phi) is 4.60. The minimum absolute atomic E-state index is 0.280. The van der Waals surface area contributed by atoms with Crippen LogP contribution in [0.5, 0.6) is 5.75 Å². The average molecular weight is 347 g/mol. The zero-order valence-electron chi connectivity index (χ0n) is 12.9. The van der Waals surface area contributed by atoms with Crippen LogP contribution in [0.3, 0.4) is 0 Å². The molecule has 0 spiro atoms. The highest BCUT2D eigenvalue weighted by molar-refractivity contribution is 6.37. The number of nitrogens with zero attached hydrogens (tertiary/aromatic N) is 1. The molecule has 0 atom stereocenters. The Bertz CT molecular complexity index is 865. The highest BCUT2D eigenvalue weighted by Gasteiger charge is 2.12. The second kappa shape index (κ2) is 6.65. The SMILES string of the molecule is CNc1ccc(Cl)c(COc2cccc3ccc(C)nc23)c1Cl. The van der Waals surface area contributed by atoms with Gasteiger partial charge in [0.15, 0.2) is 0 Å². The summed E-state index contributed by atoms with van der Waals surface area (Å²) in [4.78, 5) is 4.56. The molecule has 3 aromatic rings. The number of aryl methyl sites for hydroxylation is 1. The second-order valence-electron chi connectivity index (χ2n) is 5.21. The molecule has 3 rings (SSSR count). The van der Waals surface area contributed by atoms with Gasteiger partial charge >= 0.3 is 0 Å². The monoisotopic (exact) mass is 346 g/mol. The topological polar surface area (TPSA) is 34.1 Å². The number of halogens is 2. The first-order valence-electron chi connectivity index (χ1n) is 7.24. The van der Waals surface area contributed by atoms with Crippen LogP contribution in [0.1, 0.15) is 11.3 Å². The van der Waals surface area contributed by atoms with Gasteiger partial charge in [0.2, 0.25) is 0 Å². The van der Waals surface area contributed by atoms with Crippen molar-refractivity contribution in [2.24, 2.45) is 0 Å². The maximum absolute atomic E-state index is 6.38. The van der Waals surface area contributed by atoms with Crippen molar-refractivity contribution in [2.75, 3.05) is 12.4 Å². The van der Waals surface area contributed by atoms with E-state index in [9.17, 15) is 0 Å². The summed E-state index contributed by atoms with van der Waals surface area (Å²) < 4.78 is 5.96. The van der Waals surface area contributed by atoms with Crippen molar-refractivity contribution in [1.82, 2.24) is 4.98 Å². The summed E-state index contributed by atoms with van der Waals surface area (Å²) in [5.41, 5.74) is 3.36. The predicted octanol–water partition coefficient (Wildman–Crippen LogP) is 5.47. The number of anilines is 1. The first-order valence-corrected chi connectivity index (χ1v) is 7.99. The molecule has 0 fully saturated rings. The highest BCUT2D eigenvalue weighted by Crippen LogP contribution is 2.33. The fourth-order valence-electron chi connectivity index (χ4n) is 2.41. The van der Waals surface area contributed by atoms with Crippen LogP contribution in [0, 0.1) is 6.92 Å². The van der Waals surface area contributed by atoms with Crippen LogP contribution in [-0.2, 0) is 6.61 Å². The maximum atomic E-state index is 6.38. The van der Waals surface area contributed by atoms with E-state index in [4.69, 9.17) is 27.9 Å². The molecule has 0 unspecified atom stereocenters. The van der Waals surface area contributed by atoms with Crippen LogP contribution < -0.4 is 10.1 Å². The zero-order chi connectivity index (χ0) is 16.4. The van der Waals surface area contributed by atoms with Crippen LogP contribution in [0.25, 0.3) is 10.9 Å². The third kappa shape index (κ3) is 3.21. The molecule has 0 aliphatic rings. The molecule has 0 aliphatic carbocycles. The van der Waals surface area contributed by atoms with Crippen LogP contribution in [0.2, 0.25) is 10.0 Å². The summed E-state index contributed by atoms with van der Waals surface area (Å²) in [6.07, 6.45) is 0. The minimum atomic E-state index is 0.280. The smallest absolute Gasteiger partial charge is 0.146 e. The van der Waals surface area contributed by atoms with Gasteiger partial charge in [-0.05, 0) is 31.2 Å². The molecule has 0 saturated heterocycles. The molecular formula is C18H16Cl2N2O. The molecule has 0 saturated carbocycles. The normalized spacial score (nSPS) is 10.8. The van der Waals surface area contributed by atoms with E-state index in [2.05, 4.69) is 10.3 Å². The molecule has 118 valence electrons. The number of nitrogens with one attached hydrogen (secondary N) is 1. The van der Waals surface area contributed by atoms with Crippen LogP contribution >= 0.6 is 23.2 Å². The van der Waals surface area contributed by atoms with Crippen molar-refractivity contribution >= 4 is 39.8 Å². The lowest BCUT2D eigenvalue weighted by molar-refractivity contribution is 0.309. The van der Waals surface area contributed by atoms with E-state index in [-0.39, 0.29) is 6.61 Å². The number of aromatic nitrogens is 1. The average Bonchev–Trinajstić information content (AvgIpc) is 2.55. The van der Waals surface area contributed by atoms with Crippen LogP contribution in [0.15, 0.2) is 42.5 Å². The van der Waals surface area contributed by atoms with Gasteiger partial charge < -0.3 is 10.1 Å². The summed E-state index contributed by atoms with van der Waals surface area (Å²) in [6.45, 7) is 2.24. The molecule has 3 nitrogen and oxygen atoms in total. The molecular weight excluding hydrogens is 331 g/mol. The standard InChI is InChI=1S/C18H16Cl2N2O/c1-11-6-7-12-4-3-5-16(18(12)22-11)23-10-13-14(19)8-9-15(21-2)17(13)20/h3-9,21H,10H2,1-2H3. The van der Waals surface area contributed by atoms with Gasteiger partial charge in [0, 0.05) is 28.7 Å². The van der Waals surface area contributed by atoms with Crippen molar-refractivity contribution in [1.29, 1.82) is 0 Å². The van der Waals surface area contributed by atoms with Crippen molar-refractivity contribution < 1.29 is 4.74 Å². The minimum Gasteiger partial charge on any atom is -0.487 e. The van der Waals surface area contributed by atoms with Gasteiger partial charge in [0.05, 0.1) is 10.7 Å². The van der Waals surface area contributed by atoms with Gasteiger partial charge in [-0.25, -0.2) is 4.98 Å². The lowest BCUT2D eigenvalue weighted by atomic mass is 10.2. The van der Waals surface area contributed by atoms with Gasteiger partial charge in [0.1, 0.15) is 17.9 Å². The molecule has 1 N–H and O–H groups in total. The number of rotatable bonds is 4. The van der Waals surface area contributed by atoms with Gasteiger partial charge in [-0.1, -0.05) is 41.4 Å². The van der Waals surface area contributed by atoms with E-state index in [0.29, 0.717) is 15.8 Å². The largest absolute Gasteiger partial charge is 0.487 e. The fraction of sp³-hybridized carbons (Fsp3) is 0.167. The van der Waals surface area contributed by atoms with Crippen molar-refractivity contribution in [2.45, 2.75) is 13.5 Å². The molecule has 5 heteroatoms. The fourth-order valence-corrected chi connectivity index (χ4v) is 2.98. The van der Waals surface area contributed by atoms with Crippen LogP contribution in [-0.4, -0.2) is 12.0 Å². The summed E-state index contributed by atoms with van der Waals surface area (Å²) in [7, 11) is 1.82. The molecule has 0 radical (unpaired) electrons. The molecule has 0 aliphatic heterocycles. The summed E-state index contributed by atoms with van der Waals surface area (Å²) in [5.74, 6) is 0.716. The number of para-hydroxylation sites is 1. The van der Waals surface area contributed by atoms with Crippen molar-refractivity contribution in [3.8, 4) is 5.75 Å². The second-order valence-corrected chi connectivity index (χ2v) is 5.99. The summed E-state index contributed by atoms with van der Waals surface area (Å²) >= 11 is 12.6. The molecule has 1 aromatic heterocycles. The summed E-state index contributed by atoms with van der Waals surface area (Å²) in [6, 6.07) is 13.5. The van der Waals surface area contributed by atoms with Crippen molar-refractivity contribution in [3.05, 3.63) is 63.8 Å². The molecule has 0 bridgehead atoms. The Balaban J connectivity index is 1.94. The highest BCUT2D eigenvalue weighted by atomic mass is 35.5. The lowest BCUT2D eigenvalue weighted by Gasteiger charge is -2.13. The lowest BCUT2D eigenvalue weighted by Crippen LogP contribution is -2.01. The van der Waals surface area contributed by atoms with Gasteiger partial charge in [-0.15, -0.1) is 0 Å². The maximum Gasteiger partial charge on any atom is 0.146 e. The molecule has 23 heavy (non-hydrogen) atoms. The number of benzene rings is 2. The van der Waals surface area contributed by atoms with E-state index in [1.54, 1.807) is 0 Å². The van der Waals surface area contributed by atoms with E-state index >= 15 is 0 Å². The van der Waals surface area contributed by atoms with E-state index in [1.807, 2.05) is 56.4 Å². The third-order valence-electron chi connectivity index (χ3n) is 3.65. The third-order valence-corrected chi connectivity index (χ3v) is 4.44. The Morgan fingerprint density at radius 1 is 1.09 bits per heavy atom. The van der Waals surface area contributed by atoms with E-state index in [1.165, 1.54) is 0 Å². The first kappa shape index (κ1) is 15.9. The quantitative estimate of drug-likeness (QED) is 0.679. The molecule has 1 heterocycles. The number of hydrogen-bond acceptors (Lipinski definition) is 3. The van der Waals surface area contributed by atoms with E-state index in [0.717, 1.165) is 27.8 Å². The number of fused-ring (bicyclic) bond motifs is 1. The Labute approximate surface area is 145 Å². The number of pyridine rings is 1. The van der Waals surface area contributed by atoms with Gasteiger partial charge in [-0.3, -0.25) is 0 Å². The van der Waals surface area contributed by atoms with E-state index < -0.39 is 0 Å². The van der Waals surface area contributed by atoms with Crippen molar-refractivity contribution in [3.63, 3.8) is 0 Å². The number of ether oxygens (including phenoxy) is 1. The van der Waals surface area contributed by atoms with Crippen LogP contribution in [0.4, 0.5) is 5.69 Å². The molecule has 0 amide bonds.